The van der Waals surface area contributed by atoms with Crippen molar-refractivity contribution in [2.45, 2.75) is 11.4 Å². The molecule has 0 radical (unpaired) electrons. The Kier molecular flexibility index (Phi) is 5.71. The van der Waals surface area contributed by atoms with E-state index >= 15 is 0 Å². The number of thiazole rings is 1. The second-order valence-electron chi connectivity index (χ2n) is 6.84. The lowest BCUT2D eigenvalue weighted by molar-refractivity contribution is 0.0984. The van der Waals surface area contributed by atoms with Gasteiger partial charge in [0.1, 0.15) is 5.75 Å². The molecule has 4 aromatic rings. The van der Waals surface area contributed by atoms with Crippen LogP contribution in [0.4, 0.5) is 5.13 Å². The molecule has 158 valence electrons. The van der Waals surface area contributed by atoms with Crippen LogP contribution in [0.1, 0.15) is 16.1 Å². The van der Waals surface area contributed by atoms with Crippen molar-refractivity contribution in [1.82, 2.24) is 9.97 Å². The number of amides is 1. The van der Waals surface area contributed by atoms with Crippen molar-refractivity contribution in [3.63, 3.8) is 0 Å². The van der Waals surface area contributed by atoms with Crippen molar-refractivity contribution in [2.75, 3.05) is 18.3 Å². The zero-order valence-electron chi connectivity index (χ0n) is 16.8. The SMILES string of the molecule is COc1ccc2sc(N(Cc3ccccn3)C(=O)c3ccc(S(C)(=O)=O)cc3)nc2c1. The number of aromatic nitrogens is 2. The van der Waals surface area contributed by atoms with E-state index < -0.39 is 9.84 Å². The molecule has 2 heterocycles. The van der Waals surface area contributed by atoms with E-state index in [1.54, 1.807) is 18.2 Å². The molecule has 0 bridgehead atoms. The number of methoxy groups -OCH3 is 1. The van der Waals surface area contributed by atoms with Gasteiger partial charge in [-0.15, -0.1) is 0 Å². The van der Waals surface area contributed by atoms with Crippen LogP contribution < -0.4 is 9.64 Å². The van der Waals surface area contributed by atoms with E-state index in [1.165, 1.54) is 35.6 Å². The first kappa shape index (κ1) is 21.0. The Morgan fingerprint density at radius 2 is 1.87 bits per heavy atom. The average Bonchev–Trinajstić information content (AvgIpc) is 3.20. The number of sulfone groups is 1. The maximum absolute atomic E-state index is 13.4. The van der Waals surface area contributed by atoms with E-state index in [4.69, 9.17) is 4.74 Å². The fourth-order valence-electron chi connectivity index (χ4n) is 3.02. The Hall–Kier alpha value is -3.30. The molecule has 31 heavy (non-hydrogen) atoms. The number of rotatable bonds is 6. The molecular formula is C22H19N3O4S2. The van der Waals surface area contributed by atoms with Crippen molar-refractivity contribution >= 4 is 42.4 Å². The fraction of sp³-hybridized carbons (Fsp3) is 0.136. The number of hydrogen-bond acceptors (Lipinski definition) is 7. The number of hydrogen-bond donors (Lipinski definition) is 0. The van der Waals surface area contributed by atoms with Gasteiger partial charge < -0.3 is 4.74 Å². The van der Waals surface area contributed by atoms with Crippen LogP contribution in [-0.2, 0) is 16.4 Å². The van der Waals surface area contributed by atoms with Gasteiger partial charge >= 0.3 is 0 Å². The number of nitrogens with zero attached hydrogens (tertiary/aromatic N) is 3. The standard InChI is InChI=1S/C22H19N3O4S2/c1-29-17-8-11-20-19(13-17)24-22(30-20)25(14-16-5-3-4-12-23-16)21(26)15-6-9-18(10-7-15)31(2,27)28/h3-13H,14H2,1-2H3. The Morgan fingerprint density at radius 1 is 1.10 bits per heavy atom. The summed E-state index contributed by atoms with van der Waals surface area (Å²) in [5, 5.41) is 0.520. The smallest absolute Gasteiger partial charge is 0.260 e. The Labute approximate surface area is 183 Å². The summed E-state index contributed by atoms with van der Waals surface area (Å²) in [5.41, 5.74) is 1.80. The molecule has 0 spiro atoms. The number of fused-ring (bicyclic) bond motifs is 1. The minimum absolute atomic E-state index is 0.160. The predicted molar refractivity (Wildman–Crippen MR) is 120 cm³/mol. The van der Waals surface area contributed by atoms with Crippen LogP contribution in [0.3, 0.4) is 0 Å². The highest BCUT2D eigenvalue weighted by atomic mass is 32.2. The molecule has 2 aromatic heterocycles. The highest BCUT2D eigenvalue weighted by Crippen LogP contribution is 2.32. The summed E-state index contributed by atoms with van der Waals surface area (Å²) in [6.45, 7) is 0.227. The van der Waals surface area contributed by atoms with Gasteiger partial charge in [-0.3, -0.25) is 14.7 Å². The van der Waals surface area contributed by atoms with Crippen molar-refractivity contribution in [3.8, 4) is 5.75 Å². The summed E-state index contributed by atoms with van der Waals surface area (Å²) in [4.78, 5) is 24.1. The zero-order chi connectivity index (χ0) is 22.0. The number of pyridine rings is 1. The molecule has 0 aliphatic rings. The van der Waals surface area contributed by atoms with Gasteiger partial charge in [-0.2, -0.15) is 0 Å². The van der Waals surface area contributed by atoms with E-state index in [1.807, 2.05) is 36.4 Å². The van der Waals surface area contributed by atoms with Crippen LogP contribution in [-0.4, -0.2) is 37.7 Å². The summed E-state index contributed by atoms with van der Waals surface area (Å²) in [5.74, 6) is 0.389. The van der Waals surface area contributed by atoms with Gasteiger partial charge in [-0.25, -0.2) is 13.4 Å². The highest BCUT2D eigenvalue weighted by molar-refractivity contribution is 7.90. The molecule has 2 aromatic carbocycles. The first-order chi connectivity index (χ1) is 14.8. The van der Waals surface area contributed by atoms with Crippen LogP contribution in [0.2, 0.25) is 0 Å². The third-order valence-electron chi connectivity index (χ3n) is 4.64. The first-order valence-corrected chi connectivity index (χ1v) is 12.0. The van der Waals surface area contributed by atoms with Gasteiger partial charge in [0.05, 0.1) is 34.5 Å². The average molecular weight is 454 g/mol. The second-order valence-corrected chi connectivity index (χ2v) is 9.86. The third kappa shape index (κ3) is 4.57. The minimum atomic E-state index is -3.35. The lowest BCUT2D eigenvalue weighted by Crippen LogP contribution is -2.30. The van der Waals surface area contributed by atoms with Gasteiger partial charge in [-0.05, 0) is 48.5 Å². The quantitative estimate of drug-likeness (QED) is 0.439. The highest BCUT2D eigenvalue weighted by Gasteiger charge is 2.23. The molecule has 0 unspecified atom stereocenters. The normalized spacial score (nSPS) is 11.4. The fourth-order valence-corrected chi connectivity index (χ4v) is 4.59. The third-order valence-corrected chi connectivity index (χ3v) is 6.82. The largest absolute Gasteiger partial charge is 0.497 e. The van der Waals surface area contributed by atoms with E-state index in [-0.39, 0.29) is 17.3 Å². The molecule has 7 nitrogen and oxygen atoms in total. The van der Waals surface area contributed by atoms with E-state index in [0.717, 1.165) is 16.5 Å². The second kappa shape index (κ2) is 8.44. The molecule has 0 saturated carbocycles. The monoisotopic (exact) mass is 453 g/mol. The molecule has 0 saturated heterocycles. The Morgan fingerprint density at radius 3 is 2.52 bits per heavy atom. The van der Waals surface area contributed by atoms with Crippen LogP contribution >= 0.6 is 11.3 Å². The van der Waals surface area contributed by atoms with Crippen molar-refractivity contribution in [3.05, 3.63) is 78.1 Å². The number of carbonyl (C=O) groups excluding carboxylic acids is 1. The Balaban J connectivity index is 1.74. The molecule has 1 amide bonds. The summed E-state index contributed by atoms with van der Waals surface area (Å²) < 4.78 is 29.7. The molecular weight excluding hydrogens is 434 g/mol. The topological polar surface area (TPSA) is 89.5 Å². The number of carbonyl (C=O) groups is 1. The number of benzene rings is 2. The summed E-state index contributed by atoms with van der Waals surface area (Å²) in [6, 6.07) is 17.0. The molecule has 0 atom stereocenters. The maximum Gasteiger partial charge on any atom is 0.260 e. The van der Waals surface area contributed by atoms with E-state index in [0.29, 0.717) is 22.1 Å². The molecule has 4 rings (SSSR count). The van der Waals surface area contributed by atoms with Crippen molar-refractivity contribution < 1.29 is 17.9 Å². The van der Waals surface area contributed by atoms with E-state index in [9.17, 15) is 13.2 Å². The Bertz CT molecular complexity index is 1330. The lowest BCUT2D eigenvalue weighted by Gasteiger charge is -2.19. The first-order valence-electron chi connectivity index (χ1n) is 9.31. The van der Waals surface area contributed by atoms with Gasteiger partial charge in [0.15, 0.2) is 15.0 Å². The van der Waals surface area contributed by atoms with Gasteiger partial charge in [0, 0.05) is 24.1 Å². The summed E-state index contributed by atoms with van der Waals surface area (Å²) >= 11 is 1.39. The van der Waals surface area contributed by atoms with Crippen LogP contribution in [0.15, 0.2) is 71.8 Å². The molecule has 0 fully saturated rings. The van der Waals surface area contributed by atoms with Gasteiger partial charge in [0.2, 0.25) is 0 Å². The zero-order valence-corrected chi connectivity index (χ0v) is 18.5. The van der Waals surface area contributed by atoms with Crippen molar-refractivity contribution in [1.29, 1.82) is 0 Å². The molecule has 0 N–H and O–H groups in total. The van der Waals surface area contributed by atoms with Gasteiger partial charge in [-0.1, -0.05) is 17.4 Å². The number of anilines is 1. The van der Waals surface area contributed by atoms with Crippen LogP contribution in [0, 0.1) is 0 Å². The lowest BCUT2D eigenvalue weighted by atomic mass is 10.2. The molecule has 9 heteroatoms. The minimum Gasteiger partial charge on any atom is -0.497 e. The maximum atomic E-state index is 13.4. The van der Waals surface area contributed by atoms with Crippen LogP contribution in [0.25, 0.3) is 10.2 Å². The summed E-state index contributed by atoms with van der Waals surface area (Å²) in [6.07, 6.45) is 2.80. The molecule has 0 aliphatic carbocycles. The van der Waals surface area contributed by atoms with E-state index in [2.05, 4.69) is 9.97 Å². The molecule has 0 aliphatic heterocycles. The van der Waals surface area contributed by atoms with Gasteiger partial charge in [0.25, 0.3) is 5.91 Å². The van der Waals surface area contributed by atoms with Crippen molar-refractivity contribution in [2.24, 2.45) is 0 Å². The number of ether oxygens (including phenoxy) is 1. The predicted octanol–water partition coefficient (Wildman–Crippen LogP) is 3.95. The summed E-state index contributed by atoms with van der Waals surface area (Å²) in [7, 11) is -1.76. The van der Waals surface area contributed by atoms with Crippen LogP contribution in [0.5, 0.6) is 5.75 Å².